The van der Waals surface area contributed by atoms with Gasteiger partial charge in [-0.05, 0) is 36.1 Å². The van der Waals surface area contributed by atoms with Crippen LogP contribution in [0.5, 0.6) is 0 Å². The van der Waals surface area contributed by atoms with E-state index in [0.717, 1.165) is 11.3 Å². The Morgan fingerprint density at radius 2 is 2.00 bits per heavy atom. The van der Waals surface area contributed by atoms with E-state index in [1.165, 1.54) is 0 Å². The second-order valence-electron chi connectivity index (χ2n) is 4.93. The first-order chi connectivity index (χ1) is 10.6. The Labute approximate surface area is 134 Å². The minimum Gasteiger partial charge on any atom is -0.344 e. The van der Waals surface area contributed by atoms with Gasteiger partial charge in [-0.1, -0.05) is 26.0 Å². The van der Waals surface area contributed by atoms with Crippen LogP contribution in [-0.4, -0.2) is 11.8 Å². The molecule has 2 aromatic rings. The van der Waals surface area contributed by atoms with E-state index >= 15 is 0 Å². The zero-order valence-corrected chi connectivity index (χ0v) is 13.6. The van der Waals surface area contributed by atoms with Crippen molar-refractivity contribution in [2.75, 3.05) is 5.32 Å². The molecule has 0 fully saturated rings. The third-order valence-electron chi connectivity index (χ3n) is 3.33. The molecule has 0 spiro atoms. The van der Waals surface area contributed by atoms with Gasteiger partial charge in [-0.25, -0.2) is 0 Å². The Morgan fingerprint density at radius 1 is 1.18 bits per heavy atom. The van der Waals surface area contributed by atoms with Gasteiger partial charge in [0.1, 0.15) is 0 Å². The minimum atomic E-state index is -0.132. The lowest BCUT2D eigenvalue weighted by Gasteiger charge is -2.16. The largest absolute Gasteiger partial charge is 0.344 e. The van der Waals surface area contributed by atoms with E-state index in [1.54, 1.807) is 42.5 Å². The van der Waals surface area contributed by atoms with Gasteiger partial charge in [0.2, 0.25) is 5.91 Å². The lowest BCUT2D eigenvalue weighted by Crippen LogP contribution is -2.27. The van der Waals surface area contributed by atoms with Crippen LogP contribution in [0.25, 0.3) is 0 Å². The average Bonchev–Trinajstić information content (AvgIpc) is 3.06. The molecule has 22 heavy (non-hydrogen) atoms. The van der Waals surface area contributed by atoms with Crippen molar-refractivity contribution in [3.05, 3.63) is 52.2 Å². The normalized spacial score (nSPS) is 11.7. The summed E-state index contributed by atoms with van der Waals surface area (Å²) in [6, 6.07) is 11.0. The zero-order valence-electron chi connectivity index (χ0n) is 12.8. The van der Waals surface area contributed by atoms with Crippen LogP contribution in [0.4, 0.5) is 5.69 Å². The van der Waals surface area contributed by atoms with Crippen LogP contribution < -0.4 is 10.6 Å². The molecule has 0 radical (unpaired) electrons. The first kappa shape index (κ1) is 16.2. The Bertz CT molecular complexity index is 638. The van der Waals surface area contributed by atoms with Crippen LogP contribution in [0.3, 0.4) is 0 Å². The van der Waals surface area contributed by atoms with Gasteiger partial charge in [0.05, 0.1) is 6.04 Å². The molecule has 1 atom stereocenters. The molecule has 1 heterocycles. The quantitative estimate of drug-likeness (QED) is 0.847. The zero-order chi connectivity index (χ0) is 15.9. The maximum atomic E-state index is 12.4. The lowest BCUT2D eigenvalue weighted by atomic mass is 10.1. The third kappa shape index (κ3) is 4.18. The van der Waals surface area contributed by atoms with Gasteiger partial charge in [0.25, 0.3) is 5.91 Å². The topological polar surface area (TPSA) is 58.2 Å². The molecule has 4 nitrogen and oxygen atoms in total. The second kappa shape index (κ2) is 7.75. The number of rotatable bonds is 6. The van der Waals surface area contributed by atoms with Crippen molar-refractivity contribution in [2.45, 2.75) is 32.7 Å². The van der Waals surface area contributed by atoms with E-state index in [-0.39, 0.29) is 17.9 Å². The summed E-state index contributed by atoms with van der Waals surface area (Å²) in [6.07, 6.45) is 1.24. The van der Waals surface area contributed by atoms with Crippen molar-refractivity contribution in [1.29, 1.82) is 0 Å². The predicted molar refractivity (Wildman–Crippen MR) is 90.2 cm³/mol. The molecule has 5 heteroatoms. The molecule has 0 aliphatic rings. The smallest absolute Gasteiger partial charge is 0.251 e. The van der Waals surface area contributed by atoms with Gasteiger partial charge < -0.3 is 10.6 Å². The molecule has 2 rings (SSSR count). The molecule has 0 saturated heterocycles. The molecule has 0 aliphatic heterocycles. The molecule has 2 amide bonds. The highest BCUT2D eigenvalue weighted by atomic mass is 32.1. The molecule has 0 bridgehead atoms. The summed E-state index contributed by atoms with van der Waals surface area (Å²) in [7, 11) is 0. The number of anilines is 1. The van der Waals surface area contributed by atoms with Gasteiger partial charge in [-0.15, -0.1) is 11.3 Å². The average molecular weight is 316 g/mol. The van der Waals surface area contributed by atoms with Crippen molar-refractivity contribution in [2.24, 2.45) is 0 Å². The summed E-state index contributed by atoms with van der Waals surface area (Å²) in [5.74, 6) is -0.199. The Kier molecular flexibility index (Phi) is 5.72. The van der Waals surface area contributed by atoms with Gasteiger partial charge in [-0.3, -0.25) is 9.59 Å². The van der Waals surface area contributed by atoms with Crippen LogP contribution >= 0.6 is 11.3 Å². The molecule has 0 saturated carbocycles. The highest BCUT2D eigenvalue weighted by Gasteiger charge is 2.15. The molecular formula is C17H20N2O2S. The molecule has 116 valence electrons. The van der Waals surface area contributed by atoms with Gasteiger partial charge >= 0.3 is 0 Å². The van der Waals surface area contributed by atoms with Crippen LogP contribution in [0.15, 0.2) is 41.8 Å². The van der Waals surface area contributed by atoms with Gasteiger partial charge in [-0.2, -0.15) is 0 Å². The molecule has 1 unspecified atom stereocenters. The molecule has 2 N–H and O–H groups in total. The number of thiophene rings is 1. The van der Waals surface area contributed by atoms with Crippen LogP contribution in [0.1, 0.15) is 48.0 Å². The van der Waals surface area contributed by atoms with E-state index < -0.39 is 0 Å². The summed E-state index contributed by atoms with van der Waals surface area (Å²) in [5, 5.41) is 7.81. The highest BCUT2D eigenvalue weighted by Crippen LogP contribution is 2.22. The summed E-state index contributed by atoms with van der Waals surface area (Å²) in [4.78, 5) is 25.0. The van der Waals surface area contributed by atoms with E-state index in [2.05, 4.69) is 10.6 Å². The second-order valence-corrected chi connectivity index (χ2v) is 5.91. The number of carbonyl (C=O) groups excluding carboxylic acids is 2. The number of carbonyl (C=O) groups is 2. The molecule has 1 aromatic heterocycles. The van der Waals surface area contributed by atoms with Crippen molar-refractivity contribution < 1.29 is 9.59 Å². The fourth-order valence-electron chi connectivity index (χ4n) is 2.09. The molecule has 0 aliphatic carbocycles. The maximum Gasteiger partial charge on any atom is 0.251 e. The third-order valence-corrected chi connectivity index (χ3v) is 4.32. The first-order valence-corrected chi connectivity index (χ1v) is 8.26. The summed E-state index contributed by atoms with van der Waals surface area (Å²) in [5.41, 5.74) is 1.19. The van der Waals surface area contributed by atoms with E-state index in [4.69, 9.17) is 0 Å². The Morgan fingerprint density at radius 3 is 2.64 bits per heavy atom. The number of hydrogen-bond acceptors (Lipinski definition) is 3. The lowest BCUT2D eigenvalue weighted by molar-refractivity contribution is -0.115. The summed E-state index contributed by atoms with van der Waals surface area (Å²) < 4.78 is 0. The van der Waals surface area contributed by atoms with Crippen molar-refractivity contribution in [3.63, 3.8) is 0 Å². The number of benzene rings is 1. The van der Waals surface area contributed by atoms with E-state index in [1.807, 2.05) is 24.4 Å². The van der Waals surface area contributed by atoms with Crippen molar-refractivity contribution in [1.82, 2.24) is 5.32 Å². The monoisotopic (exact) mass is 316 g/mol. The van der Waals surface area contributed by atoms with Crippen LogP contribution in [-0.2, 0) is 4.79 Å². The van der Waals surface area contributed by atoms with Gasteiger partial charge in [0, 0.05) is 22.5 Å². The Hall–Kier alpha value is -2.14. The first-order valence-electron chi connectivity index (χ1n) is 7.38. The highest BCUT2D eigenvalue weighted by molar-refractivity contribution is 7.10. The predicted octanol–water partition coefficient (Wildman–Crippen LogP) is 3.98. The summed E-state index contributed by atoms with van der Waals surface area (Å²) >= 11 is 1.64. The number of hydrogen-bond donors (Lipinski definition) is 2. The van der Waals surface area contributed by atoms with E-state index in [9.17, 15) is 9.59 Å². The van der Waals surface area contributed by atoms with Crippen LogP contribution in [0.2, 0.25) is 0 Å². The molecular weight excluding hydrogens is 296 g/mol. The fraction of sp³-hybridized carbons (Fsp3) is 0.294. The number of nitrogens with one attached hydrogen (secondary N) is 2. The SMILES string of the molecule is CCC(=O)Nc1cccc(C(=O)NC(CC)c2cccs2)c1. The van der Waals surface area contributed by atoms with Crippen molar-refractivity contribution >= 4 is 28.8 Å². The van der Waals surface area contributed by atoms with Crippen LogP contribution in [0, 0.1) is 0 Å². The fourth-order valence-corrected chi connectivity index (χ4v) is 2.95. The van der Waals surface area contributed by atoms with E-state index in [0.29, 0.717) is 17.7 Å². The maximum absolute atomic E-state index is 12.4. The van der Waals surface area contributed by atoms with Gasteiger partial charge in [0.15, 0.2) is 0 Å². The number of amides is 2. The molecule has 1 aromatic carbocycles. The minimum absolute atomic E-state index is 0.0152. The Balaban J connectivity index is 2.09. The standard InChI is InChI=1S/C17H20N2O2S/c1-3-14(15-9-6-10-22-15)19-17(21)12-7-5-8-13(11-12)18-16(20)4-2/h5-11,14H,3-4H2,1-2H3,(H,18,20)(H,19,21). The van der Waals surface area contributed by atoms with Crippen molar-refractivity contribution in [3.8, 4) is 0 Å². The summed E-state index contributed by atoms with van der Waals surface area (Å²) in [6.45, 7) is 3.83.